The first-order valence-corrected chi connectivity index (χ1v) is 9.55. The fourth-order valence-electron chi connectivity index (χ4n) is 4.66. The molecule has 0 atom stereocenters. The molecule has 2 aliphatic carbocycles. The first-order valence-electron chi connectivity index (χ1n) is 9.55. The van der Waals surface area contributed by atoms with Crippen LogP contribution in [-0.2, 0) is 6.42 Å². The lowest BCUT2D eigenvalue weighted by Gasteiger charge is -2.42. The molecule has 2 aromatic rings. The van der Waals surface area contributed by atoms with E-state index in [4.69, 9.17) is 0 Å². The highest BCUT2D eigenvalue weighted by atomic mass is 16.1. The molecule has 0 saturated heterocycles. The Morgan fingerprint density at radius 1 is 0.923 bits per heavy atom. The van der Waals surface area contributed by atoms with E-state index >= 15 is 0 Å². The molecule has 0 spiro atoms. The van der Waals surface area contributed by atoms with Crippen molar-refractivity contribution in [2.24, 2.45) is 0 Å². The number of hydrogen-bond donors (Lipinski definition) is 0. The molecule has 2 aromatic carbocycles. The van der Waals surface area contributed by atoms with Crippen LogP contribution >= 0.6 is 0 Å². The van der Waals surface area contributed by atoms with Crippen molar-refractivity contribution in [3.8, 4) is 0 Å². The van der Waals surface area contributed by atoms with Gasteiger partial charge in [0.25, 0.3) is 0 Å². The predicted octanol–water partition coefficient (Wildman–Crippen LogP) is 5.80. The number of Topliss-reactive ketones (excluding diaryl/α,β-unsaturated/α-hetero) is 1. The molecule has 2 heteroatoms. The van der Waals surface area contributed by atoms with Gasteiger partial charge >= 0.3 is 0 Å². The zero-order valence-electron chi connectivity index (χ0n) is 15.8. The van der Waals surface area contributed by atoms with Gasteiger partial charge in [-0.25, -0.2) is 0 Å². The predicted molar refractivity (Wildman–Crippen MR) is 107 cm³/mol. The van der Waals surface area contributed by atoms with Gasteiger partial charge in [0.1, 0.15) is 5.70 Å². The molecule has 0 radical (unpaired) electrons. The Kier molecular flexibility index (Phi) is 3.13. The smallest absolute Gasteiger partial charge is 0.211 e. The average molecular weight is 341 g/mol. The third-order valence-electron chi connectivity index (χ3n) is 5.90. The molecule has 5 rings (SSSR count). The SMILES string of the molecule is CC(C)c1cccc(C(C)C)c1N1C2=CCc3cccc4c3C2=C1C4=O. The lowest BCUT2D eigenvalue weighted by molar-refractivity contribution is 0.103. The van der Waals surface area contributed by atoms with Crippen molar-refractivity contribution in [2.75, 3.05) is 4.90 Å². The number of anilines is 1. The van der Waals surface area contributed by atoms with Crippen LogP contribution in [0.1, 0.15) is 72.1 Å². The number of ketones is 1. The van der Waals surface area contributed by atoms with Gasteiger partial charge in [-0.3, -0.25) is 4.79 Å². The molecule has 2 nitrogen and oxygen atoms in total. The number of nitrogens with zero attached hydrogens (tertiary/aromatic N) is 1. The molecule has 0 fully saturated rings. The maximum absolute atomic E-state index is 13.2. The quantitative estimate of drug-likeness (QED) is 0.703. The van der Waals surface area contributed by atoms with Gasteiger partial charge in [0.2, 0.25) is 5.78 Å². The van der Waals surface area contributed by atoms with Crippen LogP contribution in [-0.4, -0.2) is 5.78 Å². The van der Waals surface area contributed by atoms with E-state index in [-0.39, 0.29) is 5.78 Å². The standard InChI is InChI=1S/C24H23NO/c1-13(2)16-8-6-9-17(14(3)4)22(16)25-19-12-11-15-7-5-10-18-20(15)21(19)23(25)24(18)26/h5-10,12-14H,11H2,1-4H3. The minimum atomic E-state index is 0.184. The zero-order chi connectivity index (χ0) is 18.2. The number of carbonyl (C=O) groups is 1. The number of benzene rings is 2. The molecular formula is C24H23NO. The Morgan fingerprint density at radius 3 is 2.23 bits per heavy atom. The van der Waals surface area contributed by atoms with Gasteiger partial charge in [-0.15, -0.1) is 0 Å². The summed E-state index contributed by atoms with van der Waals surface area (Å²) < 4.78 is 0. The molecule has 0 N–H and O–H groups in total. The highest BCUT2D eigenvalue weighted by molar-refractivity contribution is 6.30. The largest absolute Gasteiger partial charge is 0.305 e. The monoisotopic (exact) mass is 341 g/mol. The van der Waals surface area contributed by atoms with Crippen LogP contribution in [0.5, 0.6) is 0 Å². The third kappa shape index (κ3) is 1.79. The average Bonchev–Trinajstić information content (AvgIpc) is 2.86. The number of allylic oxidation sites excluding steroid dienone is 3. The number of rotatable bonds is 3. The Hall–Kier alpha value is -2.61. The van der Waals surface area contributed by atoms with Gasteiger partial charge in [0.05, 0.1) is 11.4 Å². The van der Waals surface area contributed by atoms with Gasteiger partial charge in [-0.05, 0) is 34.9 Å². The first kappa shape index (κ1) is 15.6. The summed E-state index contributed by atoms with van der Waals surface area (Å²) >= 11 is 0. The normalized spacial score (nSPS) is 17.1. The second-order valence-electron chi connectivity index (χ2n) is 8.12. The van der Waals surface area contributed by atoms with Gasteiger partial charge < -0.3 is 4.90 Å². The summed E-state index contributed by atoms with van der Waals surface area (Å²) in [7, 11) is 0. The third-order valence-corrected chi connectivity index (χ3v) is 5.90. The van der Waals surface area contributed by atoms with E-state index in [2.05, 4.69) is 62.9 Å². The van der Waals surface area contributed by atoms with E-state index in [9.17, 15) is 4.79 Å². The fourth-order valence-corrected chi connectivity index (χ4v) is 4.66. The van der Waals surface area contributed by atoms with Crippen LogP contribution in [0.15, 0.2) is 53.9 Å². The number of carbonyl (C=O) groups excluding carboxylic acids is 1. The van der Waals surface area contributed by atoms with E-state index in [0.717, 1.165) is 17.7 Å². The molecule has 26 heavy (non-hydrogen) atoms. The Labute approximate surface area is 154 Å². The zero-order valence-corrected chi connectivity index (χ0v) is 15.8. The van der Waals surface area contributed by atoms with E-state index in [1.54, 1.807) is 0 Å². The van der Waals surface area contributed by atoms with Crippen LogP contribution in [0.2, 0.25) is 0 Å². The summed E-state index contributed by atoms with van der Waals surface area (Å²) in [5.74, 6) is 1.00. The summed E-state index contributed by atoms with van der Waals surface area (Å²) in [6, 6.07) is 12.7. The molecule has 0 amide bonds. The molecule has 3 aliphatic rings. The molecule has 0 bridgehead atoms. The molecule has 1 aliphatic heterocycles. The lowest BCUT2D eigenvalue weighted by Crippen LogP contribution is -2.36. The maximum atomic E-state index is 13.2. The van der Waals surface area contributed by atoms with Crippen LogP contribution in [0, 0.1) is 0 Å². The van der Waals surface area contributed by atoms with E-state index in [1.165, 1.54) is 39.2 Å². The Bertz CT molecular complexity index is 1010. The van der Waals surface area contributed by atoms with Crippen molar-refractivity contribution in [3.05, 3.63) is 81.7 Å². The first-order chi connectivity index (χ1) is 12.5. The molecule has 0 aromatic heterocycles. The molecule has 0 saturated carbocycles. The van der Waals surface area contributed by atoms with Crippen molar-refractivity contribution in [1.29, 1.82) is 0 Å². The summed E-state index contributed by atoms with van der Waals surface area (Å²) in [5.41, 5.74) is 10.5. The van der Waals surface area contributed by atoms with Gasteiger partial charge in [0, 0.05) is 16.7 Å². The van der Waals surface area contributed by atoms with Crippen LogP contribution < -0.4 is 4.90 Å². The van der Waals surface area contributed by atoms with E-state index in [1.807, 2.05) is 12.1 Å². The molecule has 1 heterocycles. The second kappa shape index (κ2) is 5.20. The summed E-state index contributed by atoms with van der Waals surface area (Å²) in [6.45, 7) is 8.93. The van der Waals surface area contributed by atoms with E-state index in [0.29, 0.717) is 11.8 Å². The van der Waals surface area contributed by atoms with Crippen molar-refractivity contribution in [3.63, 3.8) is 0 Å². The second-order valence-corrected chi connectivity index (χ2v) is 8.12. The minimum Gasteiger partial charge on any atom is -0.305 e. The van der Waals surface area contributed by atoms with E-state index < -0.39 is 0 Å². The highest BCUT2D eigenvalue weighted by Crippen LogP contribution is 2.56. The summed E-state index contributed by atoms with van der Waals surface area (Å²) in [4.78, 5) is 15.5. The minimum absolute atomic E-state index is 0.184. The molecule has 0 unspecified atom stereocenters. The number of hydrogen-bond acceptors (Lipinski definition) is 2. The summed E-state index contributed by atoms with van der Waals surface area (Å²) in [5, 5.41) is 0. The van der Waals surface area contributed by atoms with Crippen molar-refractivity contribution in [1.82, 2.24) is 0 Å². The fraction of sp³-hybridized carbons (Fsp3) is 0.292. The van der Waals surface area contributed by atoms with Crippen LogP contribution in [0.3, 0.4) is 0 Å². The molecular weight excluding hydrogens is 318 g/mol. The summed E-state index contributed by atoms with van der Waals surface area (Å²) in [6.07, 6.45) is 3.20. The van der Waals surface area contributed by atoms with Crippen molar-refractivity contribution >= 4 is 17.0 Å². The van der Waals surface area contributed by atoms with Crippen molar-refractivity contribution in [2.45, 2.75) is 46.0 Å². The topological polar surface area (TPSA) is 20.3 Å². The van der Waals surface area contributed by atoms with Crippen LogP contribution in [0.4, 0.5) is 5.69 Å². The number of para-hydroxylation sites is 1. The van der Waals surface area contributed by atoms with Gasteiger partial charge in [0.15, 0.2) is 0 Å². The highest BCUT2D eigenvalue weighted by Gasteiger charge is 2.48. The maximum Gasteiger partial charge on any atom is 0.211 e. The van der Waals surface area contributed by atoms with Crippen LogP contribution in [0.25, 0.3) is 5.57 Å². The van der Waals surface area contributed by atoms with Crippen molar-refractivity contribution < 1.29 is 4.79 Å². The van der Waals surface area contributed by atoms with Gasteiger partial charge in [-0.2, -0.15) is 0 Å². The molecule has 130 valence electrons. The Morgan fingerprint density at radius 2 is 1.58 bits per heavy atom. The van der Waals surface area contributed by atoms with Gasteiger partial charge in [-0.1, -0.05) is 70.2 Å². The Balaban J connectivity index is 1.77. The lowest BCUT2D eigenvalue weighted by atomic mass is 9.84.